The van der Waals surface area contributed by atoms with Crippen molar-refractivity contribution in [1.82, 2.24) is 5.43 Å². The number of hydrazone groups is 1. The highest BCUT2D eigenvalue weighted by atomic mass is 35.5. The number of benzene rings is 3. The van der Waals surface area contributed by atoms with E-state index in [9.17, 15) is 9.59 Å². The smallest absolute Gasteiger partial charge is 0.345 e. The molecule has 32 heavy (non-hydrogen) atoms. The Labute approximate surface area is 199 Å². The molecule has 0 spiro atoms. The van der Waals surface area contributed by atoms with E-state index < -0.39 is 18.0 Å². The van der Waals surface area contributed by atoms with E-state index in [1.54, 1.807) is 61.5 Å². The molecule has 1 atom stereocenters. The number of hydrogen-bond donors (Lipinski definition) is 1. The monoisotopic (exact) mass is 490 g/mol. The zero-order chi connectivity index (χ0) is 23.1. The first-order valence-corrected chi connectivity index (χ1v) is 10.5. The second-order valence-corrected chi connectivity index (χ2v) is 7.82. The normalized spacial score (nSPS) is 11.8. The van der Waals surface area contributed by atoms with Gasteiger partial charge in [-0.05, 0) is 61.0 Å². The van der Waals surface area contributed by atoms with Crippen molar-refractivity contribution < 1.29 is 19.1 Å². The van der Waals surface area contributed by atoms with E-state index in [0.29, 0.717) is 21.4 Å². The largest absolute Gasteiger partial charge is 0.481 e. The number of carbonyl (C=O) groups is 2. The second-order valence-electron chi connectivity index (χ2n) is 6.54. The number of ether oxygens (including phenoxy) is 2. The molecule has 3 rings (SSSR count). The fourth-order valence-corrected chi connectivity index (χ4v) is 3.20. The van der Waals surface area contributed by atoms with Crippen molar-refractivity contribution in [2.75, 3.05) is 0 Å². The van der Waals surface area contributed by atoms with Crippen molar-refractivity contribution in [3.63, 3.8) is 0 Å². The van der Waals surface area contributed by atoms with Crippen LogP contribution in [0.15, 0.2) is 71.8 Å². The molecule has 0 heterocycles. The molecule has 0 bridgehead atoms. The number of esters is 1. The van der Waals surface area contributed by atoms with E-state index in [0.717, 1.165) is 0 Å². The maximum Gasteiger partial charge on any atom is 0.345 e. The lowest BCUT2D eigenvalue weighted by Crippen LogP contribution is -2.33. The Morgan fingerprint density at radius 1 is 0.938 bits per heavy atom. The number of carbonyl (C=O) groups excluding carboxylic acids is 2. The average molecular weight is 492 g/mol. The summed E-state index contributed by atoms with van der Waals surface area (Å²) in [5, 5.41) is 5.03. The summed E-state index contributed by atoms with van der Waals surface area (Å²) in [4.78, 5) is 24.5. The van der Waals surface area contributed by atoms with E-state index >= 15 is 0 Å². The van der Waals surface area contributed by atoms with Crippen LogP contribution in [-0.2, 0) is 4.79 Å². The summed E-state index contributed by atoms with van der Waals surface area (Å²) in [5.74, 6) is -0.310. The Bertz CT molecular complexity index is 1170. The van der Waals surface area contributed by atoms with Crippen LogP contribution in [0.25, 0.3) is 0 Å². The summed E-state index contributed by atoms with van der Waals surface area (Å²) in [5.41, 5.74) is 3.19. The molecular weight excluding hydrogens is 475 g/mol. The highest BCUT2D eigenvalue weighted by Crippen LogP contribution is 2.23. The highest BCUT2D eigenvalue weighted by molar-refractivity contribution is 6.36. The molecule has 3 aromatic rings. The van der Waals surface area contributed by atoms with Crippen LogP contribution < -0.4 is 14.9 Å². The lowest BCUT2D eigenvalue weighted by Gasteiger charge is -2.12. The molecule has 0 fully saturated rings. The molecule has 1 amide bonds. The van der Waals surface area contributed by atoms with E-state index in [-0.39, 0.29) is 16.3 Å². The lowest BCUT2D eigenvalue weighted by atomic mass is 10.2. The van der Waals surface area contributed by atoms with Crippen LogP contribution in [0.4, 0.5) is 0 Å². The predicted octanol–water partition coefficient (Wildman–Crippen LogP) is 5.78. The minimum atomic E-state index is -0.790. The van der Waals surface area contributed by atoms with Crippen molar-refractivity contribution in [2.24, 2.45) is 5.10 Å². The third-order valence-electron chi connectivity index (χ3n) is 4.09. The van der Waals surface area contributed by atoms with Crippen LogP contribution >= 0.6 is 34.8 Å². The molecule has 0 unspecified atom stereocenters. The molecule has 3 aromatic carbocycles. The van der Waals surface area contributed by atoms with Gasteiger partial charge in [-0.25, -0.2) is 10.2 Å². The van der Waals surface area contributed by atoms with Gasteiger partial charge >= 0.3 is 5.97 Å². The van der Waals surface area contributed by atoms with Gasteiger partial charge < -0.3 is 9.47 Å². The summed E-state index contributed by atoms with van der Waals surface area (Å²) < 4.78 is 10.9. The molecule has 0 radical (unpaired) electrons. The number of nitrogens with zero attached hydrogens (tertiary/aromatic N) is 1. The summed E-state index contributed by atoms with van der Waals surface area (Å²) >= 11 is 17.8. The first-order chi connectivity index (χ1) is 15.3. The minimum absolute atomic E-state index is 0.191. The number of halogens is 3. The topological polar surface area (TPSA) is 77.0 Å². The molecule has 164 valence electrons. The van der Waals surface area contributed by atoms with Crippen LogP contribution in [0.2, 0.25) is 15.1 Å². The Morgan fingerprint density at radius 2 is 1.66 bits per heavy atom. The zero-order valence-corrected chi connectivity index (χ0v) is 19.0. The lowest BCUT2D eigenvalue weighted by molar-refractivity contribution is -0.127. The maximum absolute atomic E-state index is 12.3. The van der Waals surface area contributed by atoms with Gasteiger partial charge in [-0.3, -0.25) is 4.79 Å². The van der Waals surface area contributed by atoms with Gasteiger partial charge in [0.05, 0.1) is 16.8 Å². The van der Waals surface area contributed by atoms with E-state index in [4.69, 9.17) is 44.3 Å². The van der Waals surface area contributed by atoms with Crippen molar-refractivity contribution in [3.8, 4) is 11.5 Å². The number of nitrogens with one attached hydrogen (secondary N) is 1. The van der Waals surface area contributed by atoms with Gasteiger partial charge in [0.25, 0.3) is 5.91 Å². The van der Waals surface area contributed by atoms with Crippen molar-refractivity contribution in [2.45, 2.75) is 13.0 Å². The Hall–Kier alpha value is -3.06. The number of rotatable bonds is 7. The van der Waals surface area contributed by atoms with Crippen LogP contribution in [0.3, 0.4) is 0 Å². The molecule has 0 saturated carbocycles. The van der Waals surface area contributed by atoms with Gasteiger partial charge in [-0.2, -0.15) is 5.10 Å². The Morgan fingerprint density at radius 3 is 2.41 bits per heavy atom. The van der Waals surface area contributed by atoms with Gasteiger partial charge in [-0.15, -0.1) is 0 Å². The summed E-state index contributed by atoms with van der Waals surface area (Å²) in [6.45, 7) is 1.59. The molecule has 0 aliphatic heterocycles. The SMILES string of the molecule is C[C@H](Oc1cccc(Cl)c1)C(=O)N/N=C\c1cccc(OC(=O)c2ccc(Cl)cc2Cl)c1. The molecule has 0 aliphatic carbocycles. The third kappa shape index (κ3) is 6.72. The Balaban J connectivity index is 1.57. The van der Waals surface area contributed by atoms with Gasteiger partial charge in [0.1, 0.15) is 11.5 Å². The van der Waals surface area contributed by atoms with Crippen LogP contribution in [-0.4, -0.2) is 24.2 Å². The molecular formula is C23H17Cl3N2O4. The first kappa shape index (κ1) is 23.6. The van der Waals surface area contributed by atoms with Gasteiger partial charge in [0.15, 0.2) is 6.10 Å². The van der Waals surface area contributed by atoms with Gasteiger partial charge in [0, 0.05) is 10.0 Å². The average Bonchev–Trinajstić information content (AvgIpc) is 2.74. The Kier molecular flexibility index (Phi) is 8.11. The summed E-state index contributed by atoms with van der Waals surface area (Å²) in [7, 11) is 0. The molecule has 1 N–H and O–H groups in total. The van der Waals surface area contributed by atoms with Gasteiger partial charge in [-0.1, -0.05) is 53.0 Å². The van der Waals surface area contributed by atoms with Crippen LogP contribution in [0.5, 0.6) is 11.5 Å². The quantitative estimate of drug-likeness (QED) is 0.197. The minimum Gasteiger partial charge on any atom is -0.481 e. The van der Waals surface area contributed by atoms with Crippen LogP contribution in [0.1, 0.15) is 22.8 Å². The van der Waals surface area contributed by atoms with E-state index in [1.807, 2.05) is 0 Å². The predicted molar refractivity (Wildman–Crippen MR) is 125 cm³/mol. The molecule has 6 nitrogen and oxygen atoms in total. The second kappa shape index (κ2) is 11.0. The van der Waals surface area contributed by atoms with E-state index in [2.05, 4.69) is 10.5 Å². The first-order valence-electron chi connectivity index (χ1n) is 9.34. The van der Waals surface area contributed by atoms with Crippen molar-refractivity contribution in [3.05, 3.63) is 92.9 Å². The molecule has 0 aromatic heterocycles. The van der Waals surface area contributed by atoms with E-state index in [1.165, 1.54) is 18.3 Å². The summed E-state index contributed by atoms with van der Waals surface area (Å²) in [6, 6.07) is 17.8. The van der Waals surface area contributed by atoms with Gasteiger partial charge in [0.2, 0.25) is 0 Å². The standard InChI is InChI=1S/C23H17Cl3N2O4/c1-14(31-19-7-3-5-16(24)11-19)22(29)28-27-13-15-4-2-6-18(10-15)32-23(30)20-9-8-17(25)12-21(20)26/h2-14H,1H3,(H,28,29)/b27-13-/t14-/m0/s1. The molecule has 0 aliphatic rings. The fourth-order valence-electron chi connectivity index (χ4n) is 2.53. The molecule has 9 heteroatoms. The van der Waals surface area contributed by atoms with Crippen molar-refractivity contribution >= 4 is 52.9 Å². The molecule has 0 saturated heterocycles. The maximum atomic E-state index is 12.3. The highest BCUT2D eigenvalue weighted by Gasteiger charge is 2.15. The summed E-state index contributed by atoms with van der Waals surface area (Å²) in [6.07, 6.45) is 0.624. The third-order valence-corrected chi connectivity index (χ3v) is 4.87. The fraction of sp³-hybridized carbons (Fsp3) is 0.0870. The zero-order valence-electron chi connectivity index (χ0n) is 16.7. The number of hydrogen-bond acceptors (Lipinski definition) is 5. The van der Waals surface area contributed by atoms with Crippen molar-refractivity contribution in [1.29, 1.82) is 0 Å². The van der Waals surface area contributed by atoms with Crippen LogP contribution in [0, 0.1) is 0 Å². The number of amides is 1.